The van der Waals surface area contributed by atoms with Gasteiger partial charge in [-0.15, -0.1) is 10.2 Å². The van der Waals surface area contributed by atoms with Crippen LogP contribution in [0.1, 0.15) is 24.8 Å². The molecule has 0 radical (unpaired) electrons. The maximum atomic E-state index is 6.15. The lowest BCUT2D eigenvalue weighted by Crippen LogP contribution is -2.26. The minimum absolute atomic E-state index is 0.302. The van der Waals surface area contributed by atoms with E-state index >= 15 is 0 Å². The van der Waals surface area contributed by atoms with E-state index in [0.29, 0.717) is 19.3 Å². The standard InChI is InChI=1S/C27H35N9OSSi/c1-18(2)26-32-33-27(38-26)36(17-37-10-11-39(5,6)7)24-9-8-22-23(31-24)12-19(13-28-22)21-15-30-35(4)25(21)20-14-29-34(3)16-20/h8-9,12-16,18H,10-11,17H2,1-7H3. The van der Waals surface area contributed by atoms with E-state index < -0.39 is 8.07 Å². The van der Waals surface area contributed by atoms with Crippen molar-refractivity contribution in [2.75, 3.05) is 18.2 Å². The molecule has 39 heavy (non-hydrogen) atoms. The van der Waals surface area contributed by atoms with Crippen LogP contribution >= 0.6 is 11.3 Å². The second-order valence-corrected chi connectivity index (χ2v) is 17.8. The number of hydrogen-bond acceptors (Lipinski definition) is 9. The summed E-state index contributed by atoms with van der Waals surface area (Å²) in [7, 11) is 2.64. The van der Waals surface area contributed by atoms with Crippen LogP contribution in [0.25, 0.3) is 33.4 Å². The highest BCUT2D eigenvalue weighted by Crippen LogP contribution is 2.34. The number of anilines is 2. The van der Waals surface area contributed by atoms with Gasteiger partial charge in [-0.25, -0.2) is 4.98 Å². The molecule has 0 N–H and O–H groups in total. The summed E-state index contributed by atoms with van der Waals surface area (Å²) in [5.41, 5.74) is 5.49. The van der Waals surface area contributed by atoms with Crippen molar-refractivity contribution in [3.8, 4) is 22.4 Å². The molecule has 0 saturated carbocycles. The largest absolute Gasteiger partial charge is 0.361 e. The van der Waals surface area contributed by atoms with Crippen LogP contribution in [0.4, 0.5) is 10.9 Å². The van der Waals surface area contributed by atoms with Gasteiger partial charge in [0.1, 0.15) is 17.6 Å². The molecule has 0 fully saturated rings. The maximum Gasteiger partial charge on any atom is 0.215 e. The monoisotopic (exact) mass is 561 g/mol. The number of nitrogens with zero attached hydrogens (tertiary/aromatic N) is 9. The van der Waals surface area contributed by atoms with Crippen molar-refractivity contribution in [2.45, 2.75) is 45.5 Å². The van der Waals surface area contributed by atoms with Crippen LogP contribution in [0.3, 0.4) is 0 Å². The van der Waals surface area contributed by atoms with E-state index in [2.05, 4.69) is 59.9 Å². The third-order valence-electron chi connectivity index (χ3n) is 6.40. The number of aromatic nitrogens is 8. The summed E-state index contributed by atoms with van der Waals surface area (Å²) in [5, 5.41) is 19.5. The molecule has 5 rings (SSSR count). The fourth-order valence-electron chi connectivity index (χ4n) is 4.15. The van der Waals surface area contributed by atoms with Crippen LogP contribution in [-0.2, 0) is 18.8 Å². The SMILES string of the molecule is CC(C)c1nnc(N(COCC[Si](C)(C)C)c2ccc3ncc(-c4cnn(C)c4-c4cnn(C)c4)cc3n2)s1. The molecule has 10 nitrogen and oxygen atoms in total. The number of rotatable bonds is 10. The minimum atomic E-state index is -1.20. The zero-order valence-corrected chi connectivity index (χ0v) is 25.4. The summed E-state index contributed by atoms with van der Waals surface area (Å²) < 4.78 is 9.80. The fourth-order valence-corrected chi connectivity index (χ4v) is 5.75. The van der Waals surface area contributed by atoms with E-state index in [1.807, 2.05) is 60.6 Å². The number of fused-ring (bicyclic) bond motifs is 1. The molecular weight excluding hydrogens is 527 g/mol. The van der Waals surface area contributed by atoms with Gasteiger partial charge in [0.25, 0.3) is 0 Å². The number of pyridine rings is 2. The minimum Gasteiger partial charge on any atom is -0.361 e. The lowest BCUT2D eigenvalue weighted by Gasteiger charge is -2.22. The first-order valence-corrected chi connectivity index (χ1v) is 17.6. The van der Waals surface area contributed by atoms with Gasteiger partial charge in [-0.1, -0.05) is 44.8 Å². The van der Waals surface area contributed by atoms with Gasteiger partial charge >= 0.3 is 0 Å². The highest BCUT2D eigenvalue weighted by atomic mass is 32.1. The van der Waals surface area contributed by atoms with Crippen LogP contribution in [0.2, 0.25) is 25.7 Å². The van der Waals surface area contributed by atoms with Gasteiger partial charge in [0.2, 0.25) is 5.13 Å². The molecule has 5 heterocycles. The average Bonchev–Trinajstić information content (AvgIpc) is 3.63. The van der Waals surface area contributed by atoms with Crippen molar-refractivity contribution in [3.63, 3.8) is 0 Å². The van der Waals surface area contributed by atoms with E-state index in [9.17, 15) is 0 Å². The van der Waals surface area contributed by atoms with Crippen molar-refractivity contribution in [1.29, 1.82) is 0 Å². The second-order valence-electron chi connectivity index (χ2n) is 11.2. The molecule has 0 amide bonds. The molecule has 5 aromatic rings. The van der Waals surface area contributed by atoms with E-state index in [1.165, 1.54) is 0 Å². The molecule has 0 spiro atoms. The lowest BCUT2D eigenvalue weighted by atomic mass is 10.0. The summed E-state index contributed by atoms with van der Waals surface area (Å²) in [6.07, 6.45) is 7.57. The Labute approximate surface area is 233 Å². The van der Waals surface area contributed by atoms with Crippen molar-refractivity contribution < 1.29 is 4.74 Å². The highest BCUT2D eigenvalue weighted by Gasteiger charge is 2.20. The first kappa shape index (κ1) is 27.1. The molecule has 204 valence electrons. The zero-order chi connectivity index (χ0) is 27.7. The van der Waals surface area contributed by atoms with Gasteiger partial charge in [0.05, 0.1) is 29.1 Å². The first-order chi connectivity index (χ1) is 18.6. The van der Waals surface area contributed by atoms with Gasteiger partial charge in [0.15, 0.2) is 0 Å². The molecule has 12 heteroatoms. The first-order valence-electron chi connectivity index (χ1n) is 13.1. The lowest BCUT2D eigenvalue weighted by molar-refractivity contribution is 0.153. The van der Waals surface area contributed by atoms with Crippen molar-refractivity contribution >= 4 is 41.4 Å². The zero-order valence-electron chi connectivity index (χ0n) is 23.6. The number of ether oxygens (including phenoxy) is 1. The Morgan fingerprint density at radius 2 is 1.82 bits per heavy atom. The van der Waals surface area contributed by atoms with Gasteiger partial charge in [0, 0.05) is 63.8 Å². The Hall–Kier alpha value is -3.48. The maximum absolute atomic E-state index is 6.15. The normalized spacial score (nSPS) is 12.1. The van der Waals surface area contributed by atoms with Crippen LogP contribution in [0.15, 0.2) is 43.0 Å². The average molecular weight is 562 g/mol. The van der Waals surface area contributed by atoms with Crippen molar-refractivity contribution in [3.05, 3.63) is 48.0 Å². The predicted octanol–water partition coefficient (Wildman–Crippen LogP) is 5.86. The highest BCUT2D eigenvalue weighted by molar-refractivity contribution is 7.15. The van der Waals surface area contributed by atoms with Gasteiger partial charge in [-0.05, 0) is 24.2 Å². The van der Waals surface area contributed by atoms with Crippen LogP contribution < -0.4 is 4.90 Å². The molecule has 0 saturated heterocycles. The van der Waals surface area contributed by atoms with Crippen molar-refractivity contribution in [2.24, 2.45) is 14.1 Å². The van der Waals surface area contributed by atoms with Crippen LogP contribution in [0.5, 0.6) is 0 Å². The molecular formula is C27H35N9OSSi. The summed E-state index contributed by atoms with van der Waals surface area (Å²) in [6.45, 7) is 12.4. The Morgan fingerprint density at radius 3 is 2.51 bits per heavy atom. The second kappa shape index (κ2) is 10.9. The summed E-state index contributed by atoms with van der Waals surface area (Å²) in [5.74, 6) is 1.05. The van der Waals surface area contributed by atoms with E-state index in [0.717, 1.165) is 55.4 Å². The van der Waals surface area contributed by atoms with Gasteiger partial charge < -0.3 is 4.74 Å². The molecule has 0 unspecified atom stereocenters. The Morgan fingerprint density at radius 1 is 1.00 bits per heavy atom. The molecule has 0 aliphatic heterocycles. The molecule has 0 atom stereocenters. The smallest absolute Gasteiger partial charge is 0.215 e. The number of hydrogen-bond donors (Lipinski definition) is 0. The molecule has 0 aliphatic carbocycles. The summed E-state index contributed by atoms with van der Waals surface area (Å²) >= 11 is 1.58. The molecule has 5 aromatic heterocycles. The van der Waals surface area contributed by atoms with Gasteiger partial charge in [-0.2, -0.15) is 10.2 Å². The Balaban J connectivity index is 1.50. The third kappa shape index (κ3) is 6.07. The van der Waals surface area contributed by atoms with E-state index in [1.54, 1.807) is 16.0 Å². The van der Waals surface area contributed by atoms with Crippen LogP contribution in [-0.4, -0.2) is 61.1 Å². The fraction of sp³-hybridized carbons (Fsp3) is 0.407. The molecule has 0 aliphatic rings. The van der Waals surface area contributed by atoms with Crippen LogP contribution in [0, 0.1) is 0 Å². The van der Waals surface area contributed by atoms with Crippen molar-refractivity contribution in [1.82, 2.24) is 39.7 Å². The molecule has 0 aromatic carbocycles. The predicted molar refractivity (Wildman–Crippen MR) is 159 cm³/mol. The summed E-state index contributed by atoms with van der Waals surface area (Å²) in [6, 6.07) is 7.12. The summed E-state index contributed by atoms with van der Waals surface area (Å²) in [4.78, 5) is 11.7. The number of aryl methyl sites for hydroxylation is 2. The van der Waals surface area contributed by atoms with E-state index in [-0.39, 0.29) is 0 Å². The molecule has 0 bridgehead atoms. The quantitative estimate of drug-likeness (QED) is 0.119. The Kier molecular flexibility index (Phi) is 7.61. The van der Waals surface area contributed by atoms with E-state index in [4.69, 9.17) is 14.7 Å². The van der Waals surface area contributed by atoms with Gasteiger partial charge in [-0.3, -0.25) is 19.2 Å². The topological polar surface area (TPSA) is 99.7 Å². The third-order valence-corrected chi connectivity index (χ3v) is 9.35. The Bertz CT molecular complexity index is 1580.